The third kappa shape index (κ3) is 3.19. The maximum Gasteiger partial charge on any atom is 0.324 e. The molecule has 0 aromatic carbocycles. The van der Waals surface area contributed by atoms with Gasteiger partial charge < -0.3 is 9.47 Å². The quantitative estimate of drug-likeness (QED) is 0.424. The van der Waals surface area contributed by atoms with Crippen LogP contribution < -0.4 is 0 Å². The van der Waals surface area contributed by atoms with Gasteiger partial charge in [-0.3, -0.25) is 9.59 Å². The fourth-order valence-electron chi connectivity index (χ4n) is 1.11. The summed E-state index contributed by atoms with van der Waals surface area (Å²) in [6.45, 7) is 5.69. The average Bonchev–Trinajstić information content (AvgIpc) is 2.21. The van der Waals surface area contributed by atoms with Crippen LogP contribution in [0, 0.1) is 5.41 Å². The topological polar surface area (TPSA) is 52.6 Å². The maximum absolute atomic E-state index is 11.7. The zero-order valence-electron chi connectivity index (χ0n) is 9.34. The molecule has 5 heteroatoms. The molecule has 0 N–H and O–H groups in total. The number of carbonyl (C=O) groups is 2. The van der Waals surface area contributed by atoms with E-state index in [0.29, 0.717) is 6.42 Å². The van der Waals surface area contributed by atoms with Gasteiger partial charge in [-0.05, 0) is 20.3 Å². The van der Waals surface area contributed by atoms with Crippen LogP contribution >= 0.6 is 15.9 Å². The molecule has 88 valence electrons. The molecular weight excluding hydrogens is 264 g/mol. The van der Waals surface area contributed by atoms with Crippen molar-refractivity contribution in [2.75, 3.05) is 18.5 Å². The summed E-state index contributed by atoms with van der Waals surface area (Å²) in [4.78, 5) is 23.4. The minimum absolute atomic E-state index is 0.216. The first-order valence-corrected chi connectivity index (χ1v) is 6.11. The lowest BCUT2D eigenvalue weighted by molar-refractivity contribution is -0.170. The van der Waals surface area contributed by atoms with Crippen molar-refractivity contribution >= 4 is 27.9 Å². The van der Waals surface area contributed by atoms with Gasteiger partial charge in [0.1, 0.15) is 0 Å². The van der Waals surface area contributed by atoms with Crippen molar-refractivity contribution in [3.05, 3.63) is 0 Å². The highest BCUT2D eigenvalue weighted by atomic mass is 79.9. The Kier molecular flexibility index (Phi) is 6.56. The minimum Gasteiger partial charge on any atom is -0.465 e. The molecule has 0 atom stereocenters. The second-order valence-electron chi connectivity index (χ2n) is 3.01. The molecule has 0 saturated heterocycles. The summed E-state index contributed by atoms with van der Waals surface area (Å²) < 4.78 is 9.77. The molecule has 0 bridgehead atoms. The summed E-state index contributed by atoms with van der Waals surface area (Å²) in [5.41, 5.74) is -1.20. The first-order chi connectivity index (χ1) is 7.08. The van der Waals surface area contributed by atoms with E-state index in [-0.39, 0.29) is 18.5 Å². The molecule has 0 unspecified atom stereocenters. The number of rotatable bonds is 6. The predicted octanol–water partition coefficient (Wildman–Crippen LogP) is 1.90. The second-order valence-corrected chi connectivity index (χ2v) is 3.57. The summed E-state index contributed by atoms with van der Waals surface area (Å²) in [5, 5.41) is 0.216. The normalized spacial score (nSPS) is 10.9. The molecule has 4 nitrogen and oxygen atoms in total. The lowest BCUT2D eigenvalue weighted by Crippen LogP contribution is -2.43. The van der Waals surface area contributed by atoms with Gasteiger partial charge in [-0.2, -0.15) is 0 Å². The van der Waals surface area contributed by atoms with Gasteiger partial charge in [-0.15, -0.1) is 0 Å². The standard InChI is InChI=1S/C10H17BrO4/c1-4-10(7-11,8(12)14-5-2)9(13)15-6-3/h4-7H2,1-3H3. The summed E-state index contributed by atoms with van der Waals surface area (Å²) in [6.07, 6.45) is 0.357. The third-order valence-corrected chi connectivity index (χ3v) is 3.12. The van der Waals surface area contributed by atoms with Crippen molar-refractivity contribution < 1.29 is 19.1 Å². The Labute approximate surface area is 98.4 Å². The van der Waals surface area contributed by atoms with E-state index >= 15 is 0 Å². The van der Waals surface area contributed by atoms with Crippen LogP contribution in [-0.2, 0) is 19.1 Å². The van der Waals surface area contributed by atoms with E-state index in [9.17, 15) is 9.59 Å². The van der Waals surface area contributed by atoms with E-state index in [4.69, 9.17) is 9.47 Å². The van der Waals surface area contributed by atoms with E-state index < -0.39 is 17.4 Å². The fourth-order valence-corrected chi connectivity index (χ4v) is 1.97. The van der Waals surface area contributed by atoms with E-state index in [2.05, 4.69) is 15.9 Å². The molecule has 0 rings (SSSR count). The van der Waals surface area contributed by atoms with Crippen LogP contribution in [0.15, 0.2) is 0 Å². The lowest BCUT2D eigenvalue weighted by Gasteiger charge is -2.25. The first-order valence-electron chi connectivity index (χ1n) is 4.99. The van der Waals surface area contributed by atoms with Gasteiger partial charge in [-0.1, -0.05) is 22.9 Å². The van der Waals surface area contributed by atoms with Crippen LogP contribution in [0.5, 0.6) is 0 Å². The highest BCUT2D eigenvalue weighted by molar-refractivity contribution is 9.09. The molecule has 0 aromatic rings. The third-order valence-electron chi connectivity index (χ3n) is 2.16. The van der Waals surface area contributed by atoms with E-state index in [1.54, 1.807) is 20.8 Å². The van der Waals surface area contributed by atoms with Crippen LogP contribution in [0.25, 0.3) is 0 Å². The number of hydrogen-bond acceptors (Lipinski definition) is 4. The average molecular weight is 281 g/mol. The van der Waals surface area contributed by atoms with Gasteiger partial charge in [0.15, 0.2) is 5.41 Å². The van der Waals surface area contributed by atoms with Crippen LogP contribution in [0.1, 0.15) is 27.2 Å². The van der Waals surface area contributed by atoms with Crippen molar-refractivity contribution in [1.82, 2.24) is 0 Å². The van der Waals surface area contributed by atoms with Crippen molar-refractivity contribution in [2.45, 2.75) is 27.2 Å². The number of esters is 2. The van der Waals surface area contributed by atoms with E-state index in [1.807, 2.05) is 0 Å². The van der Waals surface area contributed by atoms with Gasteiger partial charge >= 0.3 is 11.9 Å². The van der Waals surface area contributed by atoms with Gasteiger partial charge in [0.25, 0.3) is 0 Å². The molecule has 0 amide bonds. The van der Waals surface area contributed by atoms with Crippen molar-refractivity contribution in [2.24, 2.45) is 5.41 Å². The number of halogens is 1. The molecule has 0 radical (unpaired) electrons. The zero-order chi connectivity index (χ0) is 11.9. The molecule has 0 heterocycles. The number of ether oxygens (including phenoxy) is 2. The van der Waals surface area contributed by atoms with Crippen LogP contribution in [-0.4, -0.2) is 30.5 Å². The molecule has 15 heavy (non-hydrogen) atoms. The Morgan fingerprint density at radius 2 is 1.47 bits per heavy atom. The second kappa shape index (κ2) is 6.82. The van der Waals surface area contributed by atoms with Gasteiger partial charge in [0.2, 0.25) is 0 Å². The van der Waals surface area contributed by atoms with E-state index in [1.165, 1.54) is 0 Å². The van der Waals surface area contributed by atoms with Gasteiger partial charge in [-0.25, -0.2) is 0 Å². The number of alkyl halides is 1. The minimum atomic E-state index is -1.20. The molecule has 0 aliphatic heterocycles. The molecule has 0 spiro atoms. The SMILES string of the molecule is CCOC(=O)C(CC)(CBr)C(=O)OCC. The fraction of sp³-hybridized carbons (Fsp3) is 0.800. The molecule has 0 aliphatic carbocycles. The molecular formula is C10H17BrO4. The molecule has 0 aromatic heterocycles. The summed E-state index contributed by atoms with van der Waals surface area (Å²) >= 11 is 3.17. The Morgan fingerprint density at radius 1 is 1.07 bits per heavy atom. The van der Waals surface area contributed by atoms with Crippen molar-refractivity contribution in [3.63, 3.8) is 0 Å². The van der Waals surface area contributed by atoms with Crippen LogP contribution in [0.4, 0.5) is 0 Å². The number of hydrogen-bond donors (Lipinski definition) is 0. The molecule has 0 fully saturated rings. The highest BCUT2D eigenvalue weighted by Gasteiger charge is 2.46. The van der Waals surface area contributed by atoms with Crippen molar-refractivity contribution in [3.8, 4) is 0 Å². The van der Waals surface area contributed by atoms with Gasteiger partial charge in [0.05, 0.1) is 13.2 Å². The Morgan fingerprint density at radius 3 is 1.67 bits per heavy atom. The number of carbonyl (C=O) groups excluding carboxylic acids is 2. The Balaban J connectivity index is 4.86. The predicted molar refractivity (Wildman–Crippen MR) is 59.8 cm³/mol. The molecule has 0 aliphatic rings. The largest absolute Gasteiger partial charge is 0.465 e. The molecule has 0 saturated carbocycles. The van der Waals surface area contributed by atoms with Crippen LogP contribution in [0.3, 0.4) is 0 Å². The Hall–Kier alpha value is -0.580. The van der Waals surface area contributed by atoms with E-state index in [0.717, 1.165) is 0 Å². The zero-order valence-corrected chi connectivity index (χ0v) is 10.9. The summed E-state index contributed by atoms with van der Waals surface area (Å²) in [5.74, 6) is -1.05. The summed E-state index contributed by atoms with van der Waals surface area (Å²) in [6, 6.07) is 0. The Bertz CT molecular complexity index is 203. The highest BCUT2D eigenvalue weighted by Crippen LogP contribution is 2.28. The van der Waals surface area contributed by atoms with Crippen LogP contribution in [0.2, 0.25) is 0 Å². The van der Waals surface area contributed by atoms with Gasteiger partial charge in [0, 0.05) is 5.33 Å². The van der Waals surface area contributed by atoms with Crippen molar-refractivity contribution in [1.29, 1.82) is 0 Å². The summed E-state index contributed by atoms with van der Waals surface area (Å²) in [7, 11) is 0. The smallest absolute Gasteiger partial charge is 0.324 e. The monoisotopic (exact) mass is 280 g/mol. The lowest BCUT2D eigenvalue weighted by atomic mass is 9.88. The first kappa shape index (κ1) is 14.4. The maximum atomic E-state index is 11.7.